The van der Waals surface area contributed by atoms with Crippen LogP contribution >= 0.6 is 22.6 Å². The molecule has 2 N–H and O–H groups in total. The molecule has 0 saturated heterocycles. The molecule has 0 aliphatic rings. The Morgan fingerprint density at radius 1 is 1.50 bits per heavy atom. The lowest BCUT2D eigenvalue weighted by molar-refractivity contribution is 0.101. The number of anilines is 1. The Hall–Kier alpha value is -1.37. The van der Waals surface area contributed by atoms with Crippen LogP contribution in [0.4, 0.5) is 5.69 Å². The van der Waals surface area contributed by atoms with Crippen molar-refractivity contribution in [2.45, 2.75) is 6.92 Å². The van der Waals surface area contributed by atoms with Gasteiger partial charge in [-0.1, -0.05) is 0 Å². The average Bonchev–Trinajstić information content (AvgIpc) is 2.64. The van der Waals surface area contributed by atoms with Crippen LogP contribution in [0.25, 0.3) is 5.69 Å². The number of hydrogen-bond acceptors (Lipinski definition) is 3. The number of aromatic nitrogens is 2. The van der Waals surface area contributed by atoms with Gasteiger partial charge in [-0.15, -0.1) is 0 Å². The number of hydrogen-bond donors (Lipinski definition) is 1. The summed E-state index contributed by atoms with van der Waals surface area (Å²) in [5.41, 5.74) is 7.68. The molecular weight excluding hydrogens is 317 g/mol. The Morgan fingerprint density at radius 3 is 2.75 bits per heavy atom. The van der Waals surface area contributed by atoms with Gasteiger partial charge < -0.3 is 5.73 Å². The second-order valence-corrected chi connectivity index (χ2v) is 4.68. The van der Waals surface area contributed by atoms with E-state index in [1.165, 1.54) is 6.92 Å². The Bertz CT molecular complexity index is 548. The van der Waals surface area contributed by atoms with Crippen LogP contribution in [0.2, 0.25) is 0 Å². The van der Waals surface area contributed by atoms with Gasteiger partial charge in [0.1, 0.15) is 0 Å². The van der Waals surface area contributed by atoms with Crippen LogP contribution in [-0.2, 0) is 0 Å². The zero-order valence-corrected chi connectivity index (χ0v) is 10.8. The van der Waals surface area contributed by atoms with Gasteiger partial charge in [-0.25, -0.2) is 4.68 Å². The van der Waals surface area contributed by atoms with E-state index in [9.17, 15) is 4.79 Å². The second-order valence-electron chi connectivity index (χ2n) is 3.43. The lowest BCUT2D eigenvalue weighted by atomic mass is 10.1. The molecule has 0 saturated carbocycles. The first-order valence-electron chi connectivity index (χ1n) is 4.69. The van der Waals surface area contributed by atoms with Gasteiger partial charge in [-0.3, -0.25) is 4.79 Å². The predicted octanol–water partition coefficient (Wildman–Crippen LogP) is 2.26. The van der Waals surface area contributed by atoms with Crippen molar-refractivity contribution >= 4 is 34.1 Å². The van der Waals surface area contributed by atoms with Crippen molar-refractivity contribution in [3.63, 3.8) is 0 Å². The molecule has 5 heteroatoms. The van der Waals surface area contributed by atoms with Crippen molar-refractivity contribution < 1.29 is 4.79 Å². The number of carbonyl (C=O) groups is 1. The minimum atomic E-state index is -0.0286. The lowest BCUT2D eigenvalue weighted by Gasteiger charge is -2.05. The minimum absolute atomic E-state index is 0.0286. The monoisotopic (exact) mass is 327 g/mol. The number of ketones is 1. The number of carbonyl (C=O) groups excluding carboxylic acids is 1. The maximum absolute atomic E-state index is 11.2. The lowest BCUT2D eigenvalue weighted by Crippen LogP contribution is -2.02. The van der Waals surface area contributed by atoms with Crippen LogP contribution in [-0.4, -0.2) is 15.6 Å². The normalized spacial score (nSPS) is 10.4. The molecule has 0 atom stereocenters. The Labute approximate surface area is 107 Å². The maximum atomic E-state index is 11.2. The molecule has 0 bridgehead atoms. The smallest absolute Gasteiger partial charge is 0.161 e. The molecule has 1 heterocycles. The summed E-state index contributed by atoms with van der Waals surface area (Å²) in [7, 11) is 0. The average molecular weight is 327 g/mol. The van der Waals surface area contributed by atoms with Crippen molar-refractivity contribution in [2.24, 2.45) is 0 Å². The third-order valence-electron chi connectivity index (χ3n) is 2.23. The minimum Gasteiger partial charge on any atom is -0.398 e. The van der Waals surface area contributed by atoms with Gasteiger partial charge in [0.05, 0.1) is 15.5 Å². The van der Waals surface area contributed by atoms with Gasteiger partial charge in [-0.2, -0.15) is 5.10 Å². The topological polar surface area (TPSA) is 60.9 Å². The molecule has 0 fully saturated rings. The molecule has 2 aromatic rings. The van der Waals surface area contributed by atoms with E-state index in [0.717, 1.165) is 9.26 Å². The summed E-state index contributed by atoms with van der Waals surface area (Å²) in [4.78, 5) is 11.2. The van der Waals surface area contributed by atoms with Crippen LogP contribution in [0.3, 0.4) is 0 Å². The number of halogens is 1. The third kappa shape index (κ3) is 2.08. The largest absolute Gasteiger partial charge is 0.398 e. The van der Waals surface area contributed by atoms with E-state index in [-0.39, 0.29) is 5.78 Å². The number of nitrogens with zero attached hydrogens (tertiary/aromatic N) is 2. The van der Waals surface area contributed by atoms with Crippen molar-refractivity contribution in [3.8, 4) is 5.69 Å². The predicted molar refractivity (Wildman–Crippen MR) is 70.7 cm³/mol. The first-order valence-corrected chi connectivity index (χ1v) is 5.77. The molecule has 0 unspecified atom stereocenters. The van der Waals surface area contributed by atoms with Crippen LogP contribution in [0, 0.1) is 3.57 Å². The zero-order chi connectivity index (χ0) is 11.7. The van der Waals surface area contributed by atoms with E-state index in [4.69, 9.17) is 5.73 Å². The van der Waals surface area contributed by atoms with Crippen molar-refractivity contribution in [3.05, 3.63) is 39.7 Å². The molecule has 1 aromatic heterocycles. The van der Waals surface area contributed by atoms with E-state index >= 15 is 0 Å². The number of benzene rings is 1. The maximum Gasteiger partial charge on any atom is 0.161 e. The fourth-order valence-corrected chi connectivity index (χ4v) is 1.84. The van der Waals surface area contributed by atoms with Gasteiger partial charge in [-0.05, 0) is 47.7 Å². The fourth-order valence-electron chi connectivity index (χ4n) is 1.46. The molecule has 2 rings (SSSR count). The van der Waals surface area contributed by atoms with E-state index in [0.29, 0.717) is 11.3 Å². The van der Waals surface area contributed by atoms with Crippen LogP contribution in [0.15, 0.2) is 30.6 Å². The molecule has 0 aliphatic carbocycles. The van der Waals surface area contributed by atoms with Crippen molar-refractivity contribution in [2.75, 3.05) is 5.73 Å². The van der Waals surface area contributed by atoms with E-state index in [2.05, 4.69) is 27.7 Å². The van der Waals surface area contributed by atoms with Crippen LogP contribution in [0.5, 0.6) is 0 Å². The Kier molecular flexibility index (Phi) is 2.95. The van der Waals surface area contributed by atoms with E-state index < -0.39 is 0 Å². The summed E-state index contributed by atoms with van der Waals surface area (Å²) < 4.78 is 2.77. The molecule has 4 nitrogen and oxygen atoms in total. The molecular formula is C11H10IN3O. The van der Waals surface area contributed by atoms with Crippen LogP contribution < -0.4 is 5.73 Å². The second kappa shape index (κ2) is 4.25. The summed E-state index contributed by atoms with van der Waals surface area (Å²) >= 11 is 2.18. The van der Waals surface area contributed by atoms with Crippen molar-refractivity contribution in [1.82, 2.24) is 9.78 Å². The summed E-state index contributed by atoms with van der Waals surface area (Å²) in [6.45, 7) is 1.50. The zero-order valence-electron chi connectivity index (χ0n) is 8.64. The SMILES string of the molecule is CC(=O)c1ccc(-n2cc(I)cn2)cc1N. The van der Waals surface area contributed by atoms with Crippen LogP contribution in [0.1, 0.15) is 17.3 Å². The van der Waals surface area contributed by atoms with E-state index in [1.807, 2.05) is 12.3 Å². The van der Waals surface area contributed by atoms with E-state index in [1.54, 1.807) is 23.0 Å². The van der Waals surface area contributed by atoms with Gasteiger partial charge >= 0.3 is 0 Å². The van der Waals surface area contributed by atoms with Gasteiger partial charge in [0.2, 0.25) is 0 Å². The third-order valence-corrected chi connectivity index (χ3v) is 2.79. The molecule has 0 radical (unpaired) electrons. The summed E-state index contributed by atoms with van der Waals surface area (Å²) in [5.74, 6) is -0.0286. The van der Waals surface area contributed by atoms with Gasteiger partial charge in [0.25, 0.3) is 0 Å². The highest BCUT2D eigenvalue weighted by molar-refractivity contribution is 14.1. The first kappa shape index (κ1) is 11.1. The number of nitrogen functional groups attached to an aromatic ring is 1. The quantitative estimate of drug-likeness (QED) is 0.523. The molecule has 0 aliphatic heterocycles. The highest BCUT2D eigenvalue weighted by Gasteiger charge is 2.06. The summed E-state index contributed by atoms with van der Waals surface area (Å²) in [6.07, 6.45) is 3.65. The first-order chi connectivity index (χ1) is 7.58. The standard InChI is InChI=1S/C11H10IN3O/c1-7(16)10-3-2-9(4-11(10)13)15-6-8(12)5-14-15/h2-6H,13H2,1H3. The molecule has 0 amide bonds. The number of Topliss-reactive ketones (excluding diaryl/α,β-unsaturated/α-hetero) is 1. The molecule has 16 heavy (non-hydrogen) atoms. The fraction of sp³-hybridized carbons (Fsp3) is 0.0909. The number of rotatable bonds is 2. The molecule has 82 valence electrons. The summed E-state index contributed by atoms with van der Waals surface area (Å²) in [6, 6.07) is 5.30. The number of nitrogens with two attached hydrogens (primary N) is 1. The summed E-state index contributed by atoms with van der Waals surface area (Å²) in [5, 5.41) is 4.17. The Morgan fingerprint density at radius 2 is 2.25 bits per heavy atom. The molecule has 1 aromatic carbocycles. The Balaban J connectivity index is 2.45. The molecule has 0 spiro atoms. The van der Waals surface area contributed by atoms with Gasteiger partial charge in [0.15, 0.2) is 5.78 Å². The van der Waals surface area contributed by atoms with Crippen molar-refractivity contribution in [1.29, 1.82) is 0 Å². The highest BCUT2D eigenvalue weighted by Crippen LogP contribution is 2.18. The highest BCUT2D eigenvalue weighted by atomic mass is 127. The van der Waals surface area contributed by atoms with Gasteiger partial charge in [0, 0.05) is 17.4 Å².